The van der Waals surface area contributed by atoms with Crippen LogP contribution in [0, 0.1) is 0 Å². The summed E-state index contributed by atoms with van der Waals surface area (Å²) in [5.41, 5.74) is 0. The highest BCUT2D eigenvalue weighted by molar-refractivity contribution is 9.10. The van der Waals surface area contributed by atoms with E-state index in [0.717, 1.165) is 12.8 Å². The van der Waals surface area contributed by atoms with Crippen molar-refractivity contribution in [1.82, 2.24) is 0 Å². The Morgan fingerprint density at radius 3 is 2.36 bits per heavy atom. The predicted octanol–water partition coefficient (Wildman–Crippen LogP) is 2.74. The van der Waals surface area contributed by atoms with Gasteiger partial charge in [0.1, 0.15) is 4.32 Å². The van der Waals surface area contributed by atoms with Gasteiger partial charge in [0.15, 0.2) is 0 Å². The summed E-state index contributed by atoms with van der Waals surface area (Å²) in [4.78, 5) is 11.3. The van der Waals surface area contributed by atoms with E-state index >= 15 is 0 Å². The van der Waals surface area contributed by atoms with Gasteiger partial charge in [-0.15, -0.1) is 0 Å². The SMILES string of the molecule is C[SH](C)CCCCOC(=O)C(C)(C)Br. The van der Waals surface area contributed by atoms with E-state index < -0.39 is 4.32 Å². The maximum Gasteiger partial charge on any atom is 0.322 e. The van der Waals surface area contributed by atoms with Crippen LogP contribution in [0.1, 0.15) is 26.7 Å². The normalized spacial score (nSPS) is 12.5. The lowest BCUT2D eigenvalue weighted by molar-refractivity contribution is -0.145. The van der Waals surface area contributed by atoms with Crippen LogP contribution in [0.3, 0.4) is 0 Å². The lowest BCUT2D eigenvalue weighted by Gasteiger charge is -2.15. The number of alkyl halides is 1. The fourth-order valence-electron chi connectivity index (χ4n) is 0.867. The number of unbranched alkanes of at least 4 members (excludes halogenated alkanes) is 1. The van der Waals surface area contributed by atoms with Crippen molar-refractivity contribution in [2.45, 2.75) is 31.0 Å². The predicted molar refractivity (Wildman–Crippen MR) is 68.9 cm³/mol. The van der Waals surface area contributed by atoms with E-state index in [2.05, 4.69) is 28.4 Å². The van der Waals surface area contributed by atoms with E-state index in [1.165, 1.54) is 5.75 Å². The Balaban J connectivity index is 3.42. The van der Waals surface area contributed by atoms with Crippen LogP contribution in [-0.4, -0.2) is 35.2 Å². The third kappa shape index (κ3) is 7.68. The molecule has 0 unspecified atom stereocenters. The van der Waals surface area contributed by atoms with Crippen molar-refractivity contribution in [2.75, 3.05) is 24.9 Å². The summed E-state index contributed by atoms with van der Waals surface area (Å²) in [6.45, 7) is 4.15. The molecule has 0 bridgehead atoms. The second-order valence-corrected chi connectivity index (χ2v) is 8.71. The monoisotopic (exact) mass is 284 g/mol. The van der Waals surface area contributed by atoms with Crippen molar-refractivity contribution in [3.8, 4) is 0 Å². The summed E-state index contributed by atoms with van der Waals surface area (Å²) in [6.07, 6.45) is 6.68. The quantitative estimate of drug-likeness (QED) is 0.351. The molecule has 0 saturated carbocycles. The van der Waals surface area contributed by atoms with Crippen molar-refractivity contribution in [2.24, 2.45) is 0 Å². The Bertz CT molecular complexity index is 175. The molecule has 0 spiro atoms. The molecule has 0 aromatic rings. The molecule has 0 heterocycles. The highest BCUT2D eigenvalue weighted by atomic mass is 79.9. The molecule has 0 atom stereocenters. The Hall–Kier alpha value is 0.300. The molecule has 0 radical (unpaired) electrons. The summed E-state index contributed by atoms with van der Waals surface area (Å²) in [5, 5.41) is 0. The summed E-state index contributed by atoms with van der Waals surface area (Å²) in [5.74, 6) is 1.10. The molecular weight excluding hydrogens is 264 g/mol. The molecule has 4 heteroatoms. The molecule has 0 saturated heterocycles. The van der Waals surface area contributed by atoms with Crippen LogP contribution in [0.15, 0.2) is 0 Å². The molecule has 0 N–H and O–H groups in total. The lowest BCUT2D eigenvalue weighted by Crippen LogP contribution is -2.26. The molecule has 0 aromatic carbocycles. The van der Waals surface area contributed by atoms with E-state index in [1.807, 2.05) is 0 Å². The molecule has 0 fully saturated rings. The van der Waals surface area contributed by atoms with Gasteiger partial charge in [-0.25, -0.2) is 0 Å². The van der Waals surface area contributed by atoms with Gasteiger partial charge in [0.2, 0.25) is 0 Å². The first-order valence-corrected chi connectivity index (χ1v) is 8.06. The van der Waals surface area contributed by atoms with Gasteiger partial charge in [0.25, 0.3) is 0 Å². The van der Waals surface area contributed by atoms with Gasteiger partial charge >= 0.3 is 5.97 Å². The molecule has 0 aliphatic carbocycles. The van der Waals surface area contributed by atoms with Crippen molar-refractivity contribution < 1.29 is 9.53 Å². The first-order valence-electron chi connectivity index (χ1n) is 4.85. The molecule has 14 heavy (non-hydrogen) atoms. The molecule has 2 nitrogen and oxygen atoms in total. The van der Waals surface area contributed by atoms with Crippen molar-refractivity contribution in [3.05, 3.63) is 0 Å². The minimum atomic E-state index is -0.546. The molecule has 86 valence electrons. The molecule has 0 aliphatic rings. The van der Waals surface area contributed by atoms with Crippen LogP contribution in [-0.2, 0) is 9.53 Å². The van der Waals surface area contributed by atoms with Gasteiger partial charge in [-0.05, 0) is 45.0 Å². The molecule has 0 rings (SSSR count). The van der Waals surface area contributed by atoms with Gasteiger partial charge in [-0.3, -0.25) is 15.7 Å². The Morgan fingerprint density at radius 1 is 1.36 bits per heavy atom. The fourth-order valence-corrected chi connectivity index (χ4v) is 1.84. The van der Waals surface area contributed by atoms with Gasteiger partial charge in [-0.2, -0.15) is 0 Å². The molecule has 0 aliphatic heterocycles. The van der Waals surface area contributed by atoms with Crippen molar-refractivity contribution in [3.63, 3.8) is 0 Å². The Labute approximate surface area is 98.3 Å². The number of ether oxygens (including phenoxy) is 1. The molecule has 0 amide bonds. The first-order chi connectivity index (χ1) is 6.34. The minimum Gasteiger partial charge on any atom is -0.465 e. The summed E-state index contributed by atoms with van der Waals surface area (Å²) in [7, 11) is 0.195. The van der Waals surface area contributed by atoms with Crippen LogP contribution >= 0.6 is 26.8 Å². The smallest absolute Gasteiger partial charge is 0.322 e. The number of halogens is 1. The van der Waals surface area contributed by atoms with Crippen molar-refractivity contribution >= 4 is 32.8 Å². The number of hydrogen-bond acceptors (Lipinski definition) is 2. The van der Waals surface area contributed by atoms with Crippen LogP contribution in [0.4, 0.5) is 0 Å². The van der Waals surface area contributed by atoms with Gasteiger partial charge in [-0.1, -0.05) is 15.9 Å². The fraction of sp³-hybridized carbons (Fsp3) is 0.900. The van der Waals surface area contributed by atoms with Crippen LogP contribution in [0.25, 0.3) is 0 Å². The highest BCUT2D eigenvalue weighted by Crippen LogP contribution is 2.18. The van der Waals surface area contributed by atoms with Gasteiger partial charge in [0, 0.05) is 0 Å². The Morgan fingerprint density at radius 2 is 1.93 bits per heavy atom. The summed E-state index contributed by atoms with van der Waals surface area (Å²) in [6, 6.07) is 0. The minimum absolute atomic E-state index is 0.173. The average molecular weight is 285 g/mol. The summed E-state index contributed by atoms with van der Waals surface area (Å²) < 4.78 is 4.56. The number of rotatable bonds is 6. The largest absolute Gasteiger partial charge is 0.465 e. The first kappa shape index (κ1) is 14.3. The van der Waals surface area contributed by atoms with Gasteiger partial charge < -0.3 is 4.74 Å². The second kappa shape index (κ2) is 6.72. The molecular formula is C10H21BrO2S. The summed E-state index contributed by atoms with van der Waals surface area (Å²) >= 11 is 3.26. The van der Waals surface area contributed by atoms with Crippen LogP contribution < -0.4 is 0 Å². The maximum absolute atomic E-state index is 11.3. The number of esters is 1. The highest BCUT2D eigenvalue weighted by Gasteiger charge is 2.24. The zero-order valence-electron chi connectivity index (χ0n) is 9.47. The van der Waals surface area contributed by atoms with Crippen LogP contribution in [0.2, 0.25) is 0 Å². The average Bonchev–Trinajstić information content (AvgIpc) is 2.01. The topological polar surface area (TPSA) is 26.3 Å². The number of hydrogen-bond donors (Lipinski definition) is 1. The number of carbonyl (C=O) groups is 1. The van der Waals surface area contributed by atoms with E-state index in [1.54, 1.807) is 13.8 Å². The number of carbonyl (C=O) groups excluding carboxylic acids is 1. The third-order valence-corrected chi connectivity index (χ3v) is 3.25. The second-order valence-electron chi connectivity index (χ2n) is 4.12. The van der Waals surface area contributed by atoms with E-state index in [9.17, 15) is 4.79 Å². The maximum atomic E-state index is 11.3. The van der Waals surface area contributed by atoms with Crippen molar-refractivity contribution in [1.29, 1.82) is 0 Å². The number of thiol groups is 1. The third-order valence-electron chi connectivity index (χ3n) is 1.72. The standard InChI is InChI=1S/C10H21BrO2S/c1-10(2,11)9(12)13-7-5-6-8-14(3)4/h14H,5-8H2,1-4H3. The van der Waals surface area contributed by atoms with Crippen LogP contribution in [0.5, 0.6) is 0 Å². The zero-order valence-corrected chi connectivity index (χ0v) is 12.0. The lowest BCUT2D eigenvalue weighted by atomic mass is 10.2. The van der Waals surface area contributed by atoms with E-state index in [-0.39, 0.29) is 16.9 Å². The zero-order chi connectivity index (χ0) is 11.2. The van der Waals surface area contributed by atoms with E-state index in [4.69, 9.17) is 4.74 Å². The Kier molecular flexibility index (Phi) is 6.87. The van der Waals surface area contributed by atoms with Gasteiger partial charge in [0.05, 0.1) is 6.61 Å². The molecule has 0 aromatic heterocycles. The van der Waals surface area contributed by atoms with E-state index in [0.29, 0.717) is 6.61 Å².